The van der Waals surface area contributed by atoms with Crippen LogP contribution >= 0.6 is 11.6 Å². The molecule has 0 radical (unpaired) electrons. The van der Waals surface area contributed by atoms with Gasteiger partial charge in [-0.15, -0.1) is 11.6 Å². The minimum absolute atomic E-state index is 0.511. The zero-order valence-electron chi connectivity index (χ0n) is 9.19. The van der Waals surface area contributed by atoms with E-state index in [1.165, 1.54) is 25.9 Å². The van der Waals surface area contributed by atoms with Crippen LogP contribution in [0, 0.1) is 5.92 Å². The third-order valence-electron chi connectivity index (χ3n) is 3.01. The predicted molar refractivity (Wildman–Crippen MR) is 62.0 cm³/mol. The van der Waals surface area contributed by atoms with Gasteiger partial charge in [0.25, 0.3) is 0 Å². The number of alkyl halides is 1. The molecule has 0 saturated carbocycles. The van der Waals surface area contributed by atoms with Crippen LogP contribution in [0.5, 0.6) is 0 Å². The highest BCUT2D eigenvalue weighted by Crippen LogP contribution is 2.17. The van der Waals surface area contributed by atoms with Crippen LogP contribution in [0.25, 0.3) is 0 Å². The van der Waals surface area contributed by atoms with Crippen molar-refractivity contribution in [2.24, 2.45) is 5.92 Å². The highest BCUT2D eigenvalue weighted by Gasteiger charge is 2.17. The monoisotopic (exact) mass is 227 g/mol. The maximum atomic E-state index is 5.72. The molecule has 4 heteroatoms. The summed E-state index contributed by atoms with van der Waals surface area (Å²) in [5.74, 6) is 1.28. The number of nitrogens with zero attached hydrogens (tertiary/aromatic N) is 3. The van der Waals surface area contributed by atoms with Gasteiger partial charge in [-0.1, -0.05) is 0 Å². The highest BCUT2D eigenvalue weighted by molar-refractivity contribution is 6.16. The van der Waals surface area contributed by atoms with Gasteiger partial charge in [-0.2, -0.15) is 0 Å². The Hall–Kier alpha value is -0.540. The molecule has 1 aliphatic heterocycles. The molecule has 1 atom stereocenters. The zero-order chi connectivity index (χ0) is 10.7. The third kappa shape index (κ3) is 2.95. The van der Waals surface area contributed by atoms with Gasteiger partial charge in [-0.25, -0.2) is 4.98 Å². The second kappa shape index (κ2) is 4.99. The van der Waals surface area contributed by atoms with Crippen molar-refractivity contribution in [1.82, 2.24) is 14.5 Å². The minimum Gasteiger partial charge on any atom is -0.337 e. The van der Waals surface area contributed by atoms with Gasteiger partial charge in [0.15, 0.2) is 0 Å². The number of halogens is 1. The molecule has 1 saturated heterocycles. The van der Waals surface area contributed by atoms with Crippen LogP contribution in [0.4, 0.5) is 0 Å². The minimum atomic E-state index is 0.511. The fraction of sp³-hybridized carbons (Fsp3) is 0.727. The van der Waals surface area contributed by atoms with Crippen molar-refractivity contribution in [2.75, 3.05) is 20.1 Å². The summed E-state index contributed by atoms with van der Waals surface area (Å²) in [6.07, 6.45) is 6.60. The Morgan fingerprint density at radius 3 is 3.13 bits per heavy atom. The van der Waals surface area contributed by atoms with Gasteiger partial charge in [0, 0.05) is 19.3 Å². The highest BCUT2D eigenvalue weighted by atomic mass is 35.5. The fourth-order valence-corrected chi connectivity index (χ4v) is 2.43. The summed E-state index contributed by atoms with van der Waals surface area (Å²) in [7, 11) is 2.20. The molecule has 2 rings (SSSR count). The largest absolute Gasteiger partial charge is 0.337 e. The topological polar surface area (TPSA) is 21.1 Å². The van der Waals surface area contributed by atoms with Gasteiger partial charge in [-0.05, 0) is 32.4 Å². The summed E-state index contributed by atoms with van der Waals surface area (Å²) in [4.78, 5) is 6.65. The maximum absolute atomic E-state index is 5.72. The Morgan fingerprint density at radius 2 is 2.47 bits per heavy atom. The Balaban J connectivity index is 1.90. The van der Waals surface area contributed by atoms with Crippen molar-refractivity contribution < 1.29 is 0 Å². The van der Waals surface area contributed by atoms with Gasteiger partial charge >= 0.3 is 0 Å². The predicted octanol–water partition coefficient (Wildman–Crippen LogP) is 1.96. The molecular formula is C11H18ClN3. The first-order valence-corrected chi connectivity index (χ1v) is 6.06. The Bertz CT molecular complexity index is 311. The summed E-state index contributed by atoms with van der Waals surface area (Å²) in [5, 5.41) is 0. The number of imidazole rings is 1. The fourth-order valence-electron chi connectivity index (χ4n) is 2.30. The standard InChI is InChI=1S/C11H18ClN3/c1-14-4-2-3-10(6-14)7-15-8-11(5-12)13-9-15/h8-10H,2-7H2,1H3. The molecule has 1 unspecified atom stereocenters. The molecule has 3 nitrogen and oxygen atoms in total. The normalized spacial score (nSPS) is 23.2. The average molecular weight is 228 g/mol. The molecule has 84 valence electrons. The lowest BCUT2D eigenvalue weighted by Gasteiger charge is -2.29. The number of piperidine rings is 1. The van der Waals surface area contributed by atoms with E-state index < -0.39 is 0 Å². The van der Waals surface area contributed by atoms with Gasteiger partial charge in [0.1, 0.15) is 0 Å². The van der Waals surface area contributed by atoms with E-state index in [4.69, 9.17) is 11.6 Å². The summed E-state index contributed by atoms with van der Waals surface area (Å²) in [5.41, 5.74) is 0.973. The van der Waals surface area contributed by atoms with Crippen molar-refractivity contribution in [3.05, 3.63) is 18.2 Å². The SMILES string of the molecule is CN1CCCC(Cn2cnc(CCl)c2)C1. The molecule has 0 amide bonds. The number of likely N-dealkylation sites (tertiary alicyclic amines) is 1. The molecule has 1 aliphatic rings. The van der Waals surface area contributed by atoms with Crippen LogP contribution in [0.1, 0.15) is 18.5 Å². The Labute approximate surface area is 96.0 Å². The van der Waals surface area contributed by atoms with Gasteiger partial charge in [0.05, 0.1) is 17.9 Å². The van der Waals surface area contributed by atoms with Crippen molar-refractivity contribution in [1.29, 1.82) is 0 Å². The van der Waals surface area contributed by atoms with Crippen LogP contribution in [-0.4, -0.2) is 34.6 Å². The first kappa shape index (κ1) is 11.0. The number of hydrogen-bond donors (Lipinski definition) is 0. The van der Waals surface area contributed by atoms with Crippen LogP contribution in [0.2, 0.25) is 0 Å². The maximum Gasteiger partial charge on any atom is 0.0950 e. The number of hydrogen-bond acceptors (Lipinski definition) is 2. The molecule has 2 heterocycles. The van der Waals surface area contributed by atoms with Crippen molar-refractivity contribution in [3.8, 4) is 0 Å². The van der Waals surface area contributed by atoms with E-state index in [1.54, 1.807) is 0 Å². The summed E-state index contributed by atoms with van der Waals surface area (Å²) in [6, 6.07) is 0. The molecule has 1 aromatic heterocycles. The number of aromatic nitrogens is 2. The Kier molecular flexibility index (Phi) is 3.65. The molecule has 0 spiro atoms. The average Bonchev–Trinajstić information content (AvgIpc) is 2.65. The molecule has 1 aromatic rings. The van der Waals surface area contributed by atoms with E-state index >= 15 is 0 Å². The summed E-state index contributed by atoms with van der Waals surface area (Å²) < 4.78 is 2.17. The Morgan fingerprint density at radius 1 is 1.60 bits per heavy atom. The lowest BCUT2D eigenvalue weighted by atomic mass is 9.98. The van der Waals surface area contributed by atoms with Gasteiger partial charge < -0.3 is 9.47 Å². The quantitative estimate of drug-likeness (QED) is 0.737. The van der Waals surface area contributed by atoms with Crippen LogP contribution in [-0.2, 0) is 12.4 Å². The van der Waals surface area contributed by atoms with Gasteiger partial charge in [0.2, 0.25) is 0 Å². The first-order valence-electron chi connectivity index (χ1n) is 5.53. The van der Waals surface area contributed by atoms with E-state index in [1.807, 2.05) is 6.33 Å². The molecule has 0 aliphatic carbocycles. The lowest BCUT2D eigenvalue weighted by molar-refractivity contribution is 0.194. The number of rotatable bonds is 3. The first-order chi connectivity index (χ1) is 7.28. The molecule has 1 fully saturated rings. The molecule has 0 aromatic carbocycles. The van der Waals surface area contributed by atoms with E-state index in [-0.39, 0.29) is 0 Å². The van der Waals surface area contributed by atoms with E-state index in [0.717, 1.165) is 18.2 Å². The second-order valence-corrected chi connectivity index (χ2v) is 4.73. The van der Waals surface area contributed by atoms with E-state index in [9.17, 15) is 0 Å². The van der Waals surface area contributed by atoms with Crippen molar-refractivity contribution in [2.45, 2.75) is 25.3 Å². The van der Waals surface area contributed by atoms with Crippen molar-refractivity contribution >= 4 is 11.6 Å². The second-order valence-electron chi connectivity index (χ2n) is 4.47. The van der Waals surface area contributed by atoms with E-state index in [0.29, 0.717) is 5.88 Å². The molecule has 15 heavy (non-hydrogen) atoms. The van der Waals surface area contributed by atoms with Crippen LogP contribution in [0.3, 0.4) is 0 Å². The van der Waals surface area contributed by atoms with Crippen LogP contribution < -0.4 is 0 Å². The summed E-state index contributed by atoms with van der Waals surface area (Å²) >= 11 is 5.72. The molecular weight excluding hydrogens is 210 g/mol. The molecule has 0 N–H and O–H groups in total. The van der Waals surface area contributed by atoms with Gasteiger partial charge in [-0.3, -0.25) is 0 Å². The lowest BCUT2D eigenvalue weighted by Crippen LogP contribution is -2.33. The van der Waals surface area contributed by atoms with Crippen molar-refractivity contribution in [3.63, 3.8) is 0 Å². The van der Waals surface area contributed by atoms with Crippen LogP contribution in [0.15, 0.2) is 12.5 Å². The summed E-state index contributed by atoms with van der Waals surface area (Å²) in [6.45, 7) is 3.52. The van der Waals surface area contributed by atoms with E-state index in [2.05, 4.69) is 27.7 Å². The molecule has 0 bridgehead atoms. The third-order valence-corrected chi connectivity index (χ3v) is 3.29. The zero-order valence-corrected chi connectivity index (χ0v) is 9.95. The smallest absolute Gasteiger partial charge is 0.0950 e.